The van der Waals surface area contributed by atoms with Gasteiger partial charge >= 0.3 is 5.69 Å². The van der Waals surface area contributed by atoms with Gasteiger partial charge in [0.25, 0.3) is 5.56 Å². The second-order valence-electron chi connectivity index (χ2n) is 10.0. The zero-order valence-electron chi connectivity index (χ0n) is 20.7. The first-order valence-electron chi connectivity index (χ1n) is 11.4. The Bertz CT molecular complexity index is 1230. The van der Waals surface area contributed by atoms with E-state index in [-0.39, 0.29) is 22.5 Å². The van der Waals surface area contributed by atoms with E-state index in [1.807, 2.05) is 27.7 Å². The van der Waals surface area contributed by atoms with Gasteiger partial charge in [-0.25, -0.2) is 14.8 Å². The first-order valence-corrected chi connectivity index (χ1v) is 11.4. The average Bonchev–Trinajstić information content (AvgIpc) is 3.05. The van der Waals surface area contributed by atoms with E-state index in [0.717, 1.165) is 52.2 Å². The Morgan fingerprint density at radius 3 is 2.34 bits per heavy atom. The highest BCUT2D eigenvalue weighted by Crippen LogP contribution is 2.28. The van der Waals surface area contributed by atoms with Gasteiger partial charge in [-0.2, -0.15) is 5.10 Å². The molecule has 174 valence electrons. The first-order chi connectivity index (χ1) is 14.9. The number of hydrogen-bond acceptors (Lipinski definition) is 5. The lowest BCUT2D eigenvalue weighted by molar-refractivity contribution is 0.321. The van der Waals surface area contributed by atoms with Crippen LogP contribution < -0.4 is 11.2 Å². The van der Waals surface area contributed by atoms with Crippen LogP contribution in [0.15, 0.2) is 9.59 Å². The second kappa shape index (κ2) is 9.00. The van der Waals surface area contributed by atoms with Gasteiger partial charge in [-0.05, 0) is 38.0 Å². The molecule has 0 saturated heterocycles. The molecule has 0 aliphatic rings. The molecule has 0 unspecified atom stereocenters. The SMILES string of the molecule is CCC(C)(C)CCc1nc2c(=O)n(C)c(=O)n(CC(C)C)c2nc1Cc1c(C)n[nH]c1C. The Kier molecular flexibility index (Phi) is 6.72. The first kappa shape index (κ1) is 23.9. The minimum atomic E-state index is -0.393. The van der Waals surface area contributed by atoms with Crippen molar-refractivity contribution in [2.45, 2.75) is 80.7 Å². The van der Waals surface area contributed by atoms with Gasteiger partial charge in [0.2, 0.25) is 0 Å². The summed E-state index contributed by atoms with van der Waals surface area (Å²) >= 11 is 0. The van der Waals surface area contributed by atoms with Gasteiger partial charge in [-0.15, -0.1) is 0 Å². The summed E-state index contributed by atoms with van der Waals surface area (Å²) in [5.41, 5.74) is 4.68. The Labute approximate surface area is 189 Å². The van der Waals surface area contributed by atoms with E-state index in [0.29, 0.717) is 18.6 Å². The van der Waals surface area contributed by atoms with Crippen molar-refractivity contribution < 1.29 is 0 Å². The van der Waals surface area contributed by atoms with Crippen LogP contribution >= 0.6 is 0 Å². The second-order valence-corrected chi connectivity index (χ2v) is 10.0. The maximum Gasteiger partial charge on any atom is 0.332 e. The van der Waals surface area contributed by atoms with Gasteiger partial charge in [0.1, 0.15) is 0 Å². The summed E-state index contributed by atoms with van der Waals surface area (Å²) in [4.78, 5) is 35.6. The number of aromatic amines is 1. The highest BCUT2D eigenvalue weighted by molar-refractivity contribution is 5.69. The monoisotopic (exact) mass is 440 g/mol. The molecule has 0 fully saturated rings. The van der Waals surface area contributed by atoms with Crippen molar-refractivity contribution in [3.05, 3.63) is 49.2 Å². The Morgan fingerprint density at radius 1 is 1.09 bits per heavy atom. The van der Waals surface area contributed by atoms with Crippen molar-refractivity contribution >= 4 is 11.2 Å². The van der Waals surface area contributed by atoms with Crippen LogP contribution in [-0.4, -0.2) is 29.3 Å². The topological polar surface area (TPSA) is 98.5 Å². The molecule has 32 heavy (non-hydrogen) atoms. The number of rotatable bonds is 8. The standard InChI is InChI=1S/C24H36N6O2/c1-9-24(6,7)11-10-18-19(12-17-15(4)27-28-16(17)5)26-21-20(25-18)22(31)29(8)23(32)30(21)13-14(2)3/h14H,9-13H2,1-8H3,(H,27,28). The van der Waals surface area contributed by atoms with E-state index in [9.17, 15) is 9.59 Å². The maximum atomic E-state index is 13.0. The molecule has 0 saturated carbocycles. The molecule has 0 bridgehead atoms. The molecule has 3 rings (SSSR count). The van der Waals surface area contributed by atoms with Crippen LogP contribution in [0.1, 0.15) is 75.8 Å². The van der Waals surface area contributed by atoms with Crippen LogP contribution in [0.25, 0.3) is 11.2 Å². The van der Waals surface area contributed by atoms with Crippen LogP contribution in [0.4, 0.5) is 0 Å². The summed E-state index contributed by atoms with van der Waals surface area (Å²) in [6.45, 7) is 15.2. The number of nitrogens with one attached hydrogen (secondary N) is 1. The van der Waals surface area contributed by atoms with Crippen molar-refractivity contribution in [2.75, 3.05) is 0 Å². The number of aromatic nitrogens is 6. The van der Waals surface area contributed by atoms with E-state index in [1.54, 1.807) is 4.57 Å². The largest absolute Gasteiger partial charge is 0.332 e. The van der Waals surface area contributed by atoms with Gasteiger partial charge in [0.15, 0.2) is 11.2 Å². The summed E-state index contributed by atoms with van der Waals surface area (Å²) in [5, 5.41) is 7.35. The van der Waals surface area contributed by atoms with E-state index in [4.69, 9.17) is 9.97 Å². The minimum absolute atomic E-state index is 0.163. The molecule has 0 radical (unpaired) electrons. The molecule has 3 aromatic rings. The number of hydrogen-bond donors (Lipinski definition) is 1. The lowest BCUT2D eigenvalue weighted by atomic mass is 9.84. The van der Waals surface area contributed by atoms with E-state index >= 15 is 0 Å². The summed E-state index contributed by atoms with van der Waals surface area (Å²) < 4.78 is 2.73. The highest BCUT2D eigenvalue weighted by Gasteiger charge is 2.22. The predicted molar refractivity (Wildman–Crippen MR) is 127 cm³/mol. The van der Waals surface area contributed by atoms with Crippen LogP contribution in [0.5, 0.6) is 0 Å². The van der Waals surface area contributed by atoms with E-state index < -0.39 is 5.56 Å². The molecule has 1 N–H and O–H groups in total. The fourth-order valence-corrected chi connectivity index (χ4v) is 3.85. The fourth-order valence-electron chi connectivity index (χ4n) is 3.85. The Hall–Kier alpha value is -2.77. The third-order valence-electron chi connectivity index (χ3n) is 6.48. The molecule has 3 aromatic heterocycles. The van der Waals surface area contributed by atoms with Gasteiger partial charge in [-0.1, -0.05) is 41.0 Å². The minimum Gasteiger partial charge on any atom is -0.282 e. The number of aryl methyl sites for hydroxylation is 3. The Morgan fingerprint density at radius 2 is 1.78 bits per heavy atom. The summed E-state index contributed by atoms with van der Waals surface area (Å²) in [7, 11) is 1.51. The lowest BCUT2D eigenvalue weighted by Crippen LogP contribution is -2.40. The Balaban J connectivity index is 2.26. The van der Waals surface area contributed by atoms with E-state index in [1.165, 1.54) is 7.05 Å². The molecule has 8 nitrogen and oxygen atoms in total. The van der Waals surface area contributed by atoms with Crippen molar-refractivity contribution in [2.24, 2.45) is 18.4 Å². The van der Waals surface area contributed by atoms with E-state index in [2.05, 4.69) is 31.0 Å². The summed E-state index contributed by atoms with van der Waals surface area (Å²) in [6.07, 6.45) is 3.27. The fraction of sp³-hybridized carbons (Fsp3) is 0.625. The van der Waals surface area contributed by atoms with Gasteiger partial charge in [0.05, 0.1) is 17.1 Å². The summed E-state index contributed by atoms with van der Waals surface area (Å²) in [5.74, 6) is 0.224. The smallest absolute Gasteiger partial charge is 0.282 e. The number of fused-ring (bicyclic) bond motifs is 1. The highest BCUT2D eigenvalue weighted by atomic mass is 16.2. The normalized spacial score (nSPS) is 12.3. The number of nitrogens with zero attached hydrogens (tertiary/aromatic N) is 5. The van der Waals surface area contributed by atoms with Crippen molar-refractivity contribution in [3.63, 3.8) is 0 Å². The van der Waals surface area contributed by atoms with Gasteiger partial charge in [-0.3, -0.25) is 19.0 Å². The predicted octanol–water partition coefficient (Wildman–Crippen LogP) is 3.45. The molecule has 0 spiro atoms. The van der Waals surface area contributed by atoms with Gasteiger partial charge < -0.3 is 0 Å². The van der Waals surface area contributed by atoms with Gasteiger partial charge in [0, 0.05) is 31.3 Å². The third-order valence-corrected chi connectivity index (χ3v) is 6.48. The average molecular weight is 441 g/mol. The molecule has 0 aliphatic heterocycles. The van der Waals surface area contributed by atoms with Crippen LogP contribution in [0.3, 0.4) is 0 Å². The molecule has 0 aromatic carbocycles. The summed E-state index contributed by atoms with van der Waals surface area (Å²) in [6, 6.07) is 0. The van der Waals surface area contributed by atoms with Crippen molar-refractivity contribution in [3.8, 4) is 0 Å². The maximum absolute atomic E-state index is 13.0. The van der Waals surface area contributed by atoms with Crippen molar-refractivity contribution in [1.29, 1.82) is 0 Å². The quantitative estimate of drug-likeness (QED) is 0.578. The zero-order valence-corrected chi connectivity index (χ0v) is 20.7. The van der Waals surface area contributed by atoms with Crippen LogP contribution in [-0.2, 0) is 26.4 Å². The zero-order chi connectivity index (χ0) is 23.8. The molecule has 0 atom stereocenters. The van der Waals surface area contributed by atoms with Crippen LogP contribution in [0, 0.1) is 25.2 Å². The van der Waals surface area contributed by atoms with Crippen LogP contribution in [0.2, 0.25) is 0 Å². The molecule has 0 amide bonds. The lowest BCUT2D eigenvalue weighted by Gasteiger charge is -2.23. The molecule has 0 aliphatic carbocycles. The molecule has 3 heterocycles. The van der Waals surface area contributed by atoms with Crippen molar-refractivity contribution in [1.82, 2.24) is 29.3 Å². The molecular formula is C24H36N6O2. The number of H-pyrrole nitrogens is 1. The molecular weight excluding hydrogens is 404 g/mol. The third kappa shape index (κ3) is 4.69. The molecule has 8 heteroatoms.